The summed E-state index contributed by atoms with van der Waals surface area (Å²) in [5, 5.41) is 0. The summed E-state index contributed by atoms with van der Waals surface area (Å²) in [5.41, 5.74) is 2.45. The van der Waals surface area contributed by atoms with Crippen molar-refractivity contribution < 1.29 is 4.74 Å². The second kappa shape index (κ2) is 6.97. The van der Waals surface area contributed by atoms with Gasteiger partial charge in [-0.1, -0.05) is 13.8 Å². The van der Waals surface area contributed by atoms with Crippen LogP contribution >= 0.6 is 0 Å². The van der Waals surface area contributed by atoms with Crippen LogP contribution in [0.1, 0.15) is 13.8 Å². The lowest BCUT2D eigenvalue weighted by atomic mass is 10.5. The number of likely N-dealkylation sites (N-methyl/N-ethyl adjacent to an activating group) is 1. The minimum Gasteiger partial charge on any atom is -0.476 e. The molecular weight excluding hydrogens is 206 g/mol. The van der Waals surface area contributed by atoms with E-state index in [0.717, 1.165) is 19.6 Å². The minimum atomic E-state index is 0.537. The van der Waals surface area contributed by atoms with Gasteiger partial charge in [0, 0.05) is 12.6 Å². The zero-order valence-corrected chi connectivity index (χ0v) is 9.81. The molecule has 0 bridgehead atoms. The van der Waals surface area contributed by atoms with Crippen LogP contribution in [0, 0.1) is 0 Å². The van der Waals surface area contributed by atoms with Crippen LogP contribution in [0.4, 0.5) is 5.82 Å². The molecule has 0 aromatic carbocycles. The van der Waals surface area contributed by atoms with Crippen LogP contribution in [0.3, 0.4) is 0 Å². The van der Waals surface area contributed by atoms with E-state index >= 15 is 0 Å². The third-order valence-electron chi connectivity index (χ3n) is 2.34. The smallest absolute Gasteiger partial charge is 0.218 e. The lowest BCUT2D eigenvalue weighted by molar-refractivity contribution is 0.218. The lowest BCUT2D eigenvalue weighted by Gasteiger charge is -2.17. The van der Waals surface area contributed by atoms with E-state index in [9.17, 15) is 0 Å². The van der Waals surface area contributed by atoms with Gasteiger partial charge >= 0.3 is 0 Å². The van der Waals surface area contributed by atoms with Gasteiger partial charge in [0.05, 0.1) is 0 Å². The van der Waals surface area contributed by atoms with E-state index in [1.807, 2.05) is 0 Å². The number of ether oxygens (including phenoxy) is 1. The van der Waals surface area contributed by atoms with Crippen LogP contribution in [0.5, 0.6) is 5.88 Å². The number of nitrogens with two attached hydrogens (primary N) is 1. The third-order valence-corrected chi connectivity index (χ3v) is 2.34. The van der Waals surface area contributed by atoms with Crippen molar-refractivity contribution in [2.75, 3.05) is 31.7 Å². The molecule has 1 heterocycles. The van der Waals surface area contributed by atoms with Gasteiger partial charge in [-0.25, -0.2) is 15.8 Å². The summed E-state index contributed by atoms with van der Waals surface area (Å²) in [4.78, 5) is 10.2. The van der Waals surface area contributed by atoms with Crippen molar-refractivity contribution in [2.45, 2.75) is 13.8 Å². The first-order valence-corrected chi connectivity index (χ1v) is 5.44. The maximum absolute atomic E-state index is 5.49. The molecule has 0 aliphatic heterocycles. The van der Waals surface area contributed by atoms with E-state index in [-0.39, 0.29) is 0 Å². The molecule has 0 aliphatic rings. The Morgan fingerprint density at radius 3 is 2.75 bits per heavy atom. The van der Waals surface area contributed by atoms with E-state index < -0.39 is 0 Å². The average Bonchev–Trinajstić information content (AvgIpc) is 2.35. The summed E-state index contributed by atoms with van der Waals surface area (Å²) >= 11 is 0. The molecule has 1 rings (SSSR count). The van der Waals surface area contributed by atoms with Crippen LogP contribution in [-0.2, 0) is 0 Å². The van der Waals surface area contributed by atoms with E-state index in [0.29, 0.717) is 18.3 Å². The normalized spacial score (nSPS) is 10.5. The molecule has 0 saturated carbocycles. The fraction of sp³-hybridized carbons (Fsp3) is 0.600. The SMILES string of the molecule is CCN(CC)CCOc1cc(NN)ncn1. The Kier molecular flexibility index (Phi) is 5.52. The molecule has 0 atom stereocenters. The molecule has 0 spiro atoms. The number of anilines is 1. The molecule has 1 aromatic rings. The highest BCUT2D eigenvalue weighted by Gasteiger charge is 2.01. The molecule has 0 amide bonds. The fourth-order valence-corrected chi connectivity index (χ4v) is 1.32. The zero-order chi connectivity index (χ0) is 11.8. The summed E-state index contributed by atoms with van der Waals surface area (Å²) < 4.78 is 5.49. The first-order chi connectivity index (χ1) is 7.80. The summed E-state index contributed by atoms with van der Waals surface area (Å²) in [6, 6.07) is 1.67. The molecule has 16 heavy (non-hydrogen) atoms. The number of nitrogens with zero attached hydrogens (tertiary/aromatic N) is 3. The topological polar surface area (TPSA) is 76.3 Å². The standard InChI is InChI=1S/C10H19N5O/c1-3-15(4-2)5-6-16-10-7-9(14-11)12-8-13-10/h7-8H,3-6,11H2,1-2H3,(H,12,13,14). The van der Waals surface area contributed by atoms with Crippen molar-refractivity contribution in [3.8, 4) is 5.88 Å². The lowest BCUT2D eigenvalue weighted by Crippen LogP contribution is -2.28. The monoisotopic (exact) mass is 225 g/mol. The Morgan fingerprint density at radius 2 is 2.12 bits per heavy atom. The summed E-state index contributed by atoms with van der Waals surface area (Å²) in [6.45, 7) is 7.82. The van der Waals surface area contributed by atoms with Gasteiger partial charge in [0.1, 0.15) is 18.8 Å². The molecule has 6 nitrogen and oxygen atoms in total. The maximum Gasteiger partial charge on any atom is 0.218 e. The fourth-order valence-electron chi connectivity index (χ4n) is 1.32. The minimum absolute atomic E-state index is 0.537. The Bertz CT molecular complexity index is 303. The number of nitrogens with one attached hydrogen (secondary N) is 1. The number of aromatic nitrogens is 2. The van der Waals surface area contributed by atoms with Gasteiger partial charge in [0.2, 0.25) is 5.88 Å². The maximum atomic E-state index is 5.49. The Morgan fingerprint density at radius 1 is 1.38 bits per heavy atom. The molecule has 1 aromatic heterocycles. The second-order valence-corrected chi connectivity index (χ2v) is 3.26. The van der Waals surface area contributed by atoms with E-state index in [4.69, 9.17) is 10.6 Å². The van der Waals surface area contributed by atoms with Crippen LogP contribution in [-0.4, -0.2) is 41.1 Å². The summed E-state index contributed by atoms with van der Waals surface area (Å²) in [5.74, 6) is 6.32. The molecule has 0 unspecified atom stereocenters. The number of nitrogen functional groups attached to an aromatic ring is 1. The number of hydrazine groups is 1. The van der Waals surface area contributed by atoms with Gasteiger partial charge in [0.25, 0.3) is 0 Å². The van der Waals surface area contributed by atoms with E-state index in [1.54, 1.807) is 6.07 Å². The first kappa shape index (κ1) is 12.7. The molecule has 3 N–H and O–H groups in total. The molecular formula is C10H19N5O. The number of rotatable bonds is 7. The van der Waals surface area contributed by atoms with Crippen molar-refractivity contribution in [3.63, 3.8) is 0 Å². The van der Waals surface area contributed by atoms with Gasteiger partial charge in [-0.15, -0.1) is 0 Å². The predicted octanol–water partition coefficient (Wildman–Crippen LogP) is 0.483. The molecule has 6 heteroatoms. The van der Waals surface area contributed by atoms with Gasteiger partial charge in [-0.05, 0) is 13.1 Å². The molecule has 90 valence electrons. The van der Waals surface area contributed by atoms with Crippen molar-refractivity contribution in [2.24, 2.45) is 5.84 Å². The molecule has 0 radical (unpaired) electrons. The van der Waals surface area contributed by atoms with Gasteiger partial charge in [-0.2, -0.15) is 0 Å². The summed E-state index contributed by atoms with van der Waals surface area (Å²) in [6.07, 6.45) is 1.42. The Labute approximate surface area is 95.8 Å². The number of hydrogen-bond donors (Lipinski definition) is 2. The van der Waals surface area contributed by atoms with Crippen molar-refractivity contribution in [1.82, 2.24) is 14.9 Å². The molecule has 0 aliphatic carbocycles. The quantitative estimate of drug-likeness (QED) is 0.519. The van der Waals surface area contributed by atoms with E-state index in [1.165, 1.54) is 6.33 Å². The van der Waals surface area contributed by atoms with Crippen LogP contribution in [0.25, 0.3) is 0 Å². The van der Waals surface area contributed by atoms with Gasteiger partial charge < -0.3 is 15.1 Å². The highest BCUT2D eigenvalue weighted by atomic mass is 16.5. The number of hydrogen-bond acceptors (Lipinski definition) is 6. The van der Waals surface area contributed by atoms with Crippen LogP contribution in [0.2, 0.25) is 0 Å². The second-order valence-electron chi connectivity index (χ2n) is 3.26. The average molecular weight is 225 g/mol. The summed E-state index contributed by atoms with van der Waals surface area (Å²) in [7, 11) is 0. The van der Waals surface area contributed by atoms with Crippen molar-refractivity contribution in [1.29, 1.82) is 0 Å². The first-order valence-electron chi connectivity index (χ1n) is 5.44. The van der Waals surface area contributed by atoms with E-state index in [2.05, 4.69) is 34.1 Å². The van der Waals surface area contributed by atoms with Crippen molar-refractivity contribution >= 4 is 5.82 Å². The third kappa shape index (κ3) is 4.00. The molecule has 0 saturated heterocycles. The van der Waals surface area contributed by atoms with Gasteiger partial charge in [-0.3, -0.25) is 0 Å². The predicted molar refractivity (Wildman–Crippen MR) is 63.1 cm³/mol. The largest absolute Gasteiger partial charge is 0.476 e. The molecule has 0 fully saturated rings. The van der Waals surface area contributed by atoms with Gasteiger partial charge in [0.15, 0.2) is 0 Å². The van der Waals surface area contributed by atoms with Crippen LogP contribution < -0.4 is 16.0 Å². The highest BCUT2D eigenvalue weighted by molar-refractivity contribution is 5.35. The Balaban J connectivity index is 2.36. The highest BCUT2D eigenvalue weighted by Crippen LogP contribution is 2.09. The zero-order valence-electron chi connectivity index (χ0n) is 9.81. The Hall–Kier alpha value is -1.40. The van der Waals surface area contributed by atoms with Crippen LogP contribution in [0.15, 0.2) is 12.4 Å². The van der Waals surface area contributed by atoms with Crippen molar-refractivity contribution in [3.05, 3.63) is 12.4 Å².